The van der Waals surface area contributed by atoms with E-state index in [0.717, 1.165) is 24.4 Å². The molecule has 2 unspecified atom stereocenters. The Morgan fingerprint density at radius 3 is 3.00 bits per heavy atom. The van der Waals surface area contributed by atoms with E-state index in [1.165, 1.54) is 12.3 Å². The molecule has 0 aromatic carbocycles. The van der Waals surface area contributed by atoms with Crippen LogP contribution in [0.25, 0.3) is 0 Å². The van der Waals surface area contributed by atoms with E-state index >= 15 is 0 Å². The van der Waals surface area contributed by atoms with Gasteiger partial charge in [0.15, 0.2) is 0 Å². The molecule has 4 nitrogen and oxygen atoms in total. The van der Waals surface area contributed by atoms with Crippen LogP contribution in [0.5, 0.6) is 0 Å². The fourth-order valence-corrected chi connectivity index (χ4v) is 2.33. The van der Waals surface area contributed by atoms with Crippen LogP contribution < -0.4 is 10.6 Å². The molecular formula is C12H18FN3O. The van der Waals surface area contributed by atoms with Gasteiger partial charge in [-0.2, -0.15) is 0 Å². The molecule has 94 valence electrons. The number of aromatic nitrogens is 1. The van der Waals surface area contributed by atoms with Crippen molar-refractivity contribution in [2.45, 2.75) is 32.0 Å². The first kappa shape index (κ1) is 12.3. The maximum Gasteiger partial charge on any atom is 0.141 e. The normalized spacial score (nSPS) is 24.0. The zero-order chi connectivity index (χ0) is 12.4. The van der Waals surface area contributed by atoms with Crippen molar-refractivity contribution < 1.29 is 9.13 Å². The van der Waals surface area contributed by atoms with Gasteiger partial charge >= 0.3 is 0 Å². The van der Waals surface area contributed by atoms with Crippen molar-refractivity contribution in [1.82, 2.24) is 4.98 Å². The molecule has 0 bridgehead atoms. The summed E-state index contributed by atoms with van der Waals surface area (Å²) in [6, 6.07) is 1.72. The van der Waals surface area contributed by atoms with Crippen LogP contribution in [0.1, 0.15) is 18.9 Å². The summed E-state index contributed by atoms with van der Waals surface area (Å²) < 4.78 is 18.6. The number of nitrogens with two attached hydrogens (primary N) is 1. The average molecular weight is 239 g/mol. The second kappa shape index (κ2) is 4.98. The van der Waals surface area contributed by atoms with E-state index in [1.54, 1.807) is 0 Å². The first-order chi connectivity index (χ1) is 8.13. The lowest BCUT2D eigenvalue weighted by molar-refractivity contribution is 0.118. The van der Waals surface area contributed by atoms with E-state index in [0.29, 0.717) is 0 Å². The Labute approximate surface area is 101 Å². The monoisotopic (exact) mass is 239 g/mol. The third-order valence-electron chi connectivity index (χ3n) is 3.30. The van der Waals surface area contributed by atoms with Crippen molar-refractivity contribution in [1.29, 1.82) is 0 Å². The van der Waals surface area contributed by atoms with E-state index in [9.17, 15) is 4.39 Å². The van der Waals surface area contributed by atoms with Crippen LogP contribution in [-0.2, 0) is 11.3 Å². The fraction of sp³-hybridized carbons (Fsp3) is 0.583. The smallest absolute Gasteiger partial charge is 0.141 e. The molecule has 1 aromatic rings. The molecule has 1 fully saturated rings. The molecule has 2 N–H and O–H groups in total. The number of pyridine rings is 1. The van der Waals surface area contributed by atoms with Crippen LogP contribution in [-0.4, -0.2) is 30.8 Å². The first-order valence-electron chi connectivity index (χ1n) is 5.82. The molecule has 0 saturated carbocycles. The summed E-state index contributed by atoms with van der Waals surface area (Å²) in [4.78, 5) is 6.18. The van der Waals surface area contributed by atoms with Gasteiger partial charge in [0, 0.05) is 25.8 Å². The predicted octanol–water partition coefficient (Wildman–Crippen LogP) is 1.29. The van der Waals surface area contributed by atoms with E-state index in [4.69, 9.17) is 10.5 Å². The van der Waals surface area contributed by atoms with Gasteiger partial charge in [-0.3, -0.25) is 0 Å². The van der Waals surface area contributed by atoms with Crippen LogP contribution in [0.15, 0.2) is 12.3 Å². The SMILES string of the molecule is CC1OCCC1N(C)c1ncc(F)cc1CN. The van der Waals surface area contributed by atoms with E-state index in [2.05, 4.69) is 4.98 Å². The third-order valence-corrected chi connectivity index (χ3v) is 3.30. The van der Waals surface area contributed by atoms with Crippen LogP contribution >= 0.6 is 0 Å². The largest absolute Gasteiger partial charge is 0.376 e. The minimum absolute atomic E-state index is 0.164. The predicted molar refractivity (Wildman–Crippen MR) is 64.3 cm³/mol. The summed E-state index contributed by atoms with van der Waals surface area (Å²) in [7, 11) is 1.95. The Balaban J connectivity index is 2.26. The third kappa shape index (κ3) is 2.40. The summed E-state index contributed by atoms with van der Waals surface area (Å²) in [5, 5.41) is 0. The second-order valence-electron chi connectivity index (χ2n) is 4.38. The number of rotatable bonds is 3. The van der Waals surface area contributed by atoms with Gasteiger partial charge in [-0.1, -0.05) is 0 Å². The Kier molecular flexibility index (Phi) is 3.59. The molecule has 1 aliphatic heterocycles. The highest BCUT2D eigenvalue weighted by atomic mass is 19.1. The first-order valence-corrected chi connectivity index (χ1v) is 5.82. The minimum Gasteiger partial charge on any atom is -0.376 e. The van der Waals surface area contributed by atoms with Crippen LogP contribution in [0.2, 0.25) is 0 Å². The maximum atomic E-state index is 13.1. The highest BCUT2D eigenvalue weighted by Crippen LogP contribution is 2.25. The maximum absolute atomic E-state index is 13.1. The number of nitrogens with zero attached hydrogens (tertiary/aromatic N) is 2. The number of ether oxygens (including phenoxy) is 1. The molecule has 1 aliphatic rings. The van der Waals surface area contributed by atoms with E-state index in [-0.39, 0.29) is 24.5 Å². The number of likely N-dealkylation sites (N-methyl/N-ethyl adjacent to an activating group) is 1. The zero-order valence-corrected chi connectivity index (χ0v) is 10.2. The molecule has 2 rings (SSSR count). The van der Waals surface area contributed by atoms with Crippen molar-refractivity contribution in [2.24, 2.45) is 5.73 Å². The summed E-state index contributed by atoms with van der Waals surface area (Å²) in [6.45, 7) is 3.08. The van der Waals surface area contributed by atoms with E-state index in [1.807, 2.05) is 18.9 Å². The standard InChI is InChI=1S/C12H18FN3O/c1-8-11(3-4-17-8)16(2)12-9(6-14)5-10(13)7-15-12/h5,7-8,11H,3-4,6,14H2,1-2H3. The second-order valence-corrected chi connectivity index (χ2v) is 4.38. The Bertz CT molecular complexity index is 399. The molecule has 0 aliphatic carbocycles. The number of hydrogen-bond acceptors (Lipinski definition) is 4. The Morgan fingerprint density at radius 2 is 2.41 bits per heavy atom. The molecule has 17 heavy (non-hydrogen) atoms. The zero-order valence-electron chi connectivity index (χ0n) is 10.2. The molecule has 0 amide bonds. The van der Waals surface area contributed by atoms with Crippen molar-refractivity contribution in [3.05, 3.63) is 23.6 Å². The number of halogens is 1. The average Bonchev–Trinajstić information content (AvgIpc) is 2.74. The quantitative estimate of drug-likeness (QED) is 0.863. The van der Waals surface area contributed by atoms with Gasteiger partial charge in [0.05, 0.1) is 18.3 Å². The van der Waals surface area contributed by atoms with Crippen molar-refractivity contribution in [3.8, 4) is 0 Å². The number of hydrogen-bond donors (Lipinski definition) is 1. The summed E-state index contributed by atoms with van der Waals surface area (Å²) in [5.41, 5.74) is 6.35. The lowest BCUT2D eigenvalue weighted by Gasteiger charge is -2.29. The molecule has 1 aromatic heterocycles. The fourth-order valence-electron chi connectivity index (χ4n) is 2.33. The molecule has 2 heterocycles. The van der Waals surface area contributed by atoms with Crippen LogP contribution in [0.3, 0.4) is 0 Å². The molecule has 0 spiro atoms. The summed E-state index contributed by atoms with van der Waals surface area (Å²) in [6.07, 6.45) is 2.35. The van der Waals surface area contributed by atoms with E-state index < -0.39 is 0 Å². The van der Waals surface area contributed by atoms with Gasteiger partial charge in [0.2, 0.25) is 0 Å². The lowest BCUT2D eigenvalue weighted by atomic mass is 10.1. The molecule has 5 heteroatoms. The summed E-state index contributed by atoms with van der Waals surface area (Å²) in [5.74, 6) is 0.398. The highest BCUT2D eigenvalue weighted by molar-refractivity contribution is 5.47. The van der Waals surface area contributed by atoms with Gasteiger partial charge in [0.25, 0.3) is 0 Å². The van der Waals surface area contributed by atoms with Crippen LogP contribution in [0.4, 0.5) is 10.2 Å². The minimum atomic E-state index is -0.349. The van der Waals surface area contributed by atoms with Gasteiger partial charge in [-0.25, -0.2) is 9.37 Å². The molecule has 2 atom stereocenters. The van der Waals surface area contributed by atoms with Crippen molar-refractivity contribution >= 4 is 5.82 Å². The topological polar surface area (TPSA) is 51.4 Å². The van der Waals surface area contributed by atoms with Crippen molar-refractivity contribution in [3.63, 3.8) is 0 Å². The molecule has 1 saturated heterocycles. The molecule has 0 radical (unpaired) electrons. The van der Waals surface area contributed by atoms with Gasteiger partial charge < -0.3 is 15.4 Å². The molecular weight excluding hydrogens is 221 g/mol. The van der Waals surface area contributed by atoms with Gasteiger partial charge in [0.1, 0.15) is 11.6 Å². The Hall–Kier alpha value is -1.20. The summed E-state index contributed by atoms with van der Waals surface area (Å²) >= 11 is 0. The van der Waals surface area contributed by atoms with Crippen LogP contribution in [0, 0.1) is 5.82 Å². The Morgan fingerprint density at radius 1 is 1.65 bits per heavy atom. The van der Waals surface area contributed by atoms with Crippen molar-refractivity contribution in [2.75, 3.05) is 18.6 Å². The van der Waals surface area contributed by atoms with Gasteiger partial charge in [-0.15, -0.1) is 0 Å². The highest BCUT2D eigenvalue weighted by Gasteiger charge is 2.29. The van der Waals surface area contributed by atoms with Gasteiger partial charge in [-0.05, 0) is 19.4 Å². The number of anilines is 1. The lowest BCUT2D eigenvalue weighted by Crippen LogP contribution is -2.38.